The molecule has 2 rings (SSSR count). The Morgan fingerprint density at radius 2 is 1.81 bits per heavy atom. The molecule has 1 aliphatic heterocycles. The molecule has 0 spiro atoms. The van der Waals surface area contributed by atoms with Gasteiger partial charge in [-0.05, 0) is 5.56 Å². The van der Waals surface area contributed by atoms with Crippen LogP contribution in [0.25, 0.3) is 0 Å². The van der Waals surface area contributed by atoms with Gasteiger partial charge in [0.25, 0.3) is 0 Å². The van der Waals surface area contributed by atoms with E-state index in [0.717, 1.165) is 31.7 Å². The number of aliphatic hydroxyl groups is 1. The molecule has 1 N–H and O–H groups in total. The van der Waals surface area contributed by atoms with Crippen LogP contribution in [0.4, 0.5) is 0 Å². The average Bonchev–Trinajstić information content (AvgIpc) is 2.51. The number of ether oxygens (including phenoxy) is 1. The first-order valence-electron chi connectivity index (χ1n) is 7.39. The summed E-state index contributed by atoms with van der Waals surface area (Å²) < 4.78 is 5.55. The summed E-state index contributed by atoms with van der Waals surface area (Å²) in [5, 5.41) is 18.7. The van der Waals surface area contributed by atoms with Gasteiger partial charge in [-0.2, -0.15) is 5.26 Å². The number of hydrogen-bond donors (Lipinski definition) is 1. The SMILES string of the molecule is N#CCN1CCN(CC(O)COCc2ccccc2)CC1. The molecule has 1 aliphatic rings. The standard InChI is InChI=1S/C16H23N3O2/c17-6-7-18-8-10-19(11-9-18)12-16(20)14-21-13-15-4-2-1-3-5-15/h1-5,16,20H,7-14H2. The van der Waals surface area contributed by atoms with Crippen LogP contribution in [0.2, 0.25) is 0 Å². The van der Waals surface area contributed by atoms with Gasteiger partial charge >= 0.3 is 0 Å². The molecule has 1 saturated heterocycles. The van der Waals surface area contributed by atoms with Crippen LogP contribution in [0.3, 0.4) is 0 Å². The summed E-state index contributed by atoms with van der Waals surface area (Å²) in [6.45, 7) is 5.61. The average molecular weight is 289 g/mol. The van der Waals surface area contributed by atoms with Gasteiger partial charge in [0.05, 0.1) is 31.9 Å². The van der Waals surface area contributed by atoms with Crippen molar-refractivity contribution in [2.75, 3.05) is 45.9 Å². The van der Waals surface area contributed by atoms with Gasteiger partial charge in [0.15, 0.2) is 0 Å². The summed E-state index contributed by atoms with van der Waals surface area (Å²) in [5.41, 5.74) is 1.12. The molecule has 114 valence electrons. The Hall–Kier alpha value is -1.45. The summed E-state index contributed by atoms with van der Waals surface area (Å²) in [7, 11) is 0. The van der Waals surface area contributed by atoms with Gasteiger partial charge in [-0.25, -0.2) is 0 Å². The second-order valence-corrected chi connectivity index (χ2v) is 5.39. The number of β-amino-alcohol motifs (C(OH)–C–C–N with tert-alkyl or cyclic N) is 1. The molecule has 1 atom stereocenters. The van der Waals surface area contributed by atoms with Crippen LogP contribution >= 0.6 is 0 Å². The van der Waals surface area contributed by atoms with Crippen molar-refractivity contribution >= 4 is 0 Å². The Bertz CT molecular complexity index is 439. The van der Waals surface area contributed by atoms with Crippen molar-refractivity contribution in [2.24, 2.45) is 0 Å². The van der Waals surface area contributed by atoms with Gasteiger partial charge in [0.1, 0.15) is 0 Å². The molecule has 5 heteroatoms. The Kier molecular flexibility index (Phi) is 6.64. The van der Waals surface area contributed by atoms with Gasteiger partial charge in [0, 0.05) is 32.7 Å². The minimum absolute atomic E-state index is 0.354. The van der Waals surface area contributed by atoms with Gasteiger partial charge in [0.2, 0.25) is 0 Å². The first kappa shape index (κ1) is 15.9. The summed E-state index contributed by atoms with van der Waals surface area (Å²) in [5.74, 6) is 0. The Morgan fingerprint density at radius 1 is 1.14 bits per heavy atom. The maximum Gasteiger partial charge on any atom is 0.0900 e. The molecule has 1 heterocycles. The lowest BCUT2D eigenvalue weighted by Gasteiger charge is -2.34. The zero-order valence-electron chi connectivity index (χ0n) is 12.3. The fraction of sp³-hybridized carbons (Fsp3) is 0.562. The highest BCUT2D eigenvalue weighted by molar-refractivity contribution is 5.13. The molecule has 1 aromatic carbocycles. The molecule has 0 bridgehead atoms. The third-order valence-electron chi connectivity index (χ3n) is 3.65. The van der Waals surface area contributed by atoms with Crippen molar-refractivity contribution in [3.63, 3.8) is 0 Å². The van der Waals surface area contributed by atoms with E-state index >= 15 is 0 Å². The van der Waals surface area contributed by atoms with Crippen molar-refractivity contribution < 1.29 is 9.84 Å². The fourth-order valence-corrected chi connectivity index (χ4v) is 2.47. The Balaban J connectivity index is 1.60. The van der Waals surface area contributed by atoms with Crippen molar-refractivity contribution in [1.29, 1.82) is 5.26 Å². The van der Waals surface area contributed by atoms with E-state index < -0.39 is 6.10 Å². The summed E-state index contributed by atoms with van der Waals surface area (Å²) in [6.07, 6.45) is -0.462. The molecule has 0 aromatic heterocycles. The molecule has 1 aromatic rings. The lowest BCUT2D eigenvalue weighted by atomic mass is 10.2. The molecular weight excluding hydrogens is 266 g/mol. The van der Waals surface area contributed by atoms with Crippen LogP contribution < -0.4 is 0 Å². The second kappa shape index (κ2) is 8.75. The highest BCUT2D eigenvalue weighted by Crippen LogP contribution is 2.04. The minimum atomic E-state index is -0.462. The first-order valence-corrected chi connectivity index (χ1v) is 7.39. The lowest BCUT2D eigenvalue weighted by molar-refractivity contribution is 0.00223. The van der Waals surface area contributed by atoms with E-state index in [1.165, 1.54) is 0 Å². The van der Waals surface area contributed by atoms with Crippen molar-refractivity contribution in [2.45, 2.75) is 12.7 Å². The lowest BCUT2D eigenvalue weighted by Crippen LogP contribution is -2.49. The zero-order chi connectivity index (χ0) is 14.9. The maximum absolute atomic E-state index is 10.0. The van der Waals surface area contributed by atoms with E-state index in [2.05, 4.69) is 15.9 Å². The largest absolute Gasteiger partial charge is 0.389 e. The van der Waals surface area contributed by atoms with E-state index in [0.29, 0.717) is 26.3 Å². The van der Waals surface area contributed by atoms with Crippen LogP contribution in [-0.2, 0) is 11.3 Å². The van der Waals surface area contributed by atoms with Crippen LogP contribution in [0.15, 0.2) is 30.3 Å². The quantitative estimate of drug-likeness (QED) is 0.749. The predicted molar refractivity (Wildman–Crippen MR) is 80.6 cm³/mol. The van der Waals surface area contributed by atoms with Crippen molar-refractivity contribution in [3.05, 3.63) is 35.9 Å². The monoisotopic (exact) mass is 289 g/mol. The topological polar surface area (TPSA) is 59.7 Å². The summed E-state index contributed by atoms with van der Waals surface area (Å²) in [6, 6.07) is 12.1. The molecule has 21 heavy (non-hydrogen) atoms. The third-order valence-corrected chi connectivity index (χ3v) is 3.65. The van der Waals surface area contributed by atoms with Crippen molar-refractivity contribution in [1.82, 2.24) is 9.80 Å². The van der Waals surface area contributed by atoms with Crippen molar-refractivity contribution in [3.8, 4) is 6.07 Å². The maximum atomic E-state index is 10.0. The number of piperazine rings is 1. The van der Waals surface area contributed by atoms with Crippen LogP contribution in [0, 0.1) is 11.3 Å². The molecule has 1 unspecified atom stereocenters. The van der Waals surface area contributed by atoms with Gasteiger partial charge in [-0.3, -0.25) is 9.80 Å². The summed E-state index contributed by atoms with van der Waals surface area (Å²) in [4.78, 5) is 4.36. The number of nitriles is 1. The molecular formula is C16H23N3O2. The predicted octanol–water partition coefficient (Wildman–Crippen LogP) is 0.705. The van der Waals surface area contributed by atoms with Gasteiger partial charge in [-0.1, -0.05) is 30.3 Å². The van der Waals surface area contributed by atoms with Gasteiger partial charge in [-0.15, -0.1) is 0 Å². The van der Waals surface area contributed by atoms with E-state index in [-0.39, 0.29) is 0 Å². The van der Waals surface area contributed by atoms with Crippen LogP contribution in [0.5, 0.6) is 0 Å². The second-order valence-electron chi connectivity index (χ2n) is 5.39. The minimum Gasteiger partial charge on any atom is -0.389 e. The number of hydrogen-bond acceptors (Lipinski definition) is 5. The first-order chi connectivity index (χ1) is 10.3. The number of nitrogens with zero attached hydrogens (tertiary/aromatic N) is 3. The summed E-state index contributed by atoms with van der Waals surface area (Å²) >= 11 is 0. The molecule has 5 nitrogen and oxygen atoms in total. The van der Waals surface area contributed by atoms with E-state index in [9.17, 15) is 5.11 Å². The fourth-order valence-electron chi connectivity index (χ4n) is 2.47. The highest BCUT2D eigenvalue weighted by atomic mass is 16.5. The highest BCUT2D eigenvalue weighted by Gasteiger charge is 2.18. The number of aliphatic hydroxyl groups excluding tert-OH is 1. The molecule has 0 amide bonds. The molecule has 0 aliphatic carbocycles. The Labute approximate surface area is 126 Å². The van der Waals surface area contributed by atoms with Gasteiger partial charge < -0.3 is 9.84 Å². The molecule has 0 saturated carbocycles. The normalized spacial score (nSPS) is 18.3. The zero-order valence-corrected chi connectivity index (χ0v) is 12.3. The molecule has 0 radical (unpaired) electrons. The van der Waals surface area contributed by atoms with E-state index in [1.54, 1.807) is 0 Å². The number of benzene rings is 1. The van der Waals surface area contributed by atoms with Crippen LogP contribution in [-0.4, -0.2) is 66.9 Å². The van der Waals surface area contributed by atoms with E-state index in [1.807, 2.05) is 30.3 Å². The molecule has 1 fully saturated rings. The smallest absolute Gasteiger partial charge is 0.0900 e. The third kappa shape index (κ3) is 5.82. The Morgan fingerprint density at radius 3 is 2.48 bits per heavy atom. The number of rotatable bonds is 7. The van der Waals surface area contributed by atoms with Crippen LogP contribution in [0.1, 0.15) is 5.56 Å². The van der Waals surface area contributed by atoms with E-state index in [4.69, 9.17) is 10.00 Å².